The normalized spacial score (nSPS) is 27.9. The van der Waals surface area contributed by atoms with E-state index in [-0.39, 0.29) is 17.6 Å². The molecule has 1 fully saturated rings. The smallest absolute Gasteiger partial charge is 0.250 e. The maximum atomic E-state index is 9.54. The first kappa shape index (κ1) is 11.9. The zero-order valence-electron chi connectivity index (χ0n) is 9.42. The van der Waals surface area contributed by atoms with E-state index >= 15 is 0 Å². The lowest BCUT2D eigenvalue weighted by Crippen LogP contribution is -2.50. The van der Waals surface area contributed by atoms with E-state index in [4.69, 9.17) is 9.84 Å². The van der Waals surface area contributed by atoms with Crippen LogP contribution in [0.1, 0.15) is 34.1 Å². The SMILES string of the molecule is CC(C)(CO)CC(C)(C)NC1(O)CO1. The Morgan fingerprint density at radius 1 is 1.36 bits per heavy atom. The van der Waals surface area contributed by atoms with Crippen LogP contribution in [0.2, 0.25) is 0 Å². The number of hydrogen-bond acceptors (Lipinski definition) is 4. The lowest BCUT2D eigenvalue weighted by Gasteiger charge is -2.35. The van der Waals surface area contributed by atoms with Crippen molar-refractivity contribution in [2.45, 2.75) is 45.6 Å². The summed E-state index contributed by atoms with van der Waals surface area (Å²) in [5.41, 5.74) is -0.404. The molecule has 1 rings (SSSR count). The van der Waals surface area contributed by atoms with Gasteiger partial charge in [0.25, 0.3) is 0 Å². The van der Waals surface area contributed by atoms with E-state index < -0.39 is 5.91 Å². The fourth-order valence-corrected chi connectivity index (χ4v) is 1.97. The van der Waals surface area contributed by atoms with Gasteiger partial charge in [0.1, 0.15) is 6.61 Å². The lowest BCUT2D eigenvalue weighted by molar-refractivity contribution is -0.0282. The second-order valence-electron chi connectivity index (χ2n) is 5.58. The molecule has 1 aliphatic heterocycles. The number of rotatable bonds is 5. The zero-order chi connectivity index (χ0) is 11.0. The first-order valence-electron chi connectivity index (χ1n) is 4.95. The Balaban J connectivity index is 2.48. The van der Waals surface area contributed by atoms with Crippen molar-refractivity contribution in [3.8, 4) is 0 Å². The van der Waals surface area contributed by atoms with Crippen LogP contribution in [0, 0.1) is 5.41 Å². The van der Waals surface area contributed by atoms with E-state index in [2.05, 4.69) is 5.32 Å². The Bertz CT molecular complexity index is 209. The van der Waals surface area contributed by atoms with E-state index in [1.165, 1.54) is 0 Å². The summed E-state index contributed by atoms with van der Waals surface area (Å²) in [6.07, 6.45) is 0.766. The number of ether oxygens (including phenoxy) is 1. The van der Waals surface area contributed by atoms with Crippen LogP contribution in [0.5, 0.6) is 0 Å². The van der Waals surface area contributed by atoms with Crippen molar-refractivity contribution in [3.63, 3.8) is 0 Å². The summed E-state index contributed by atoms with van der Waals surface area (Å²) in [6, 6.07) is 0. The van der Waals surface area contributed by atoms with Crippen molar-refractivity contribution in [1.82, 2.24) is 5.32 Å². The molecule has 1 atom stereocenters. The van der Waals surface area contributed by atoms with Crippen molar-refractivity contribution in [1.29, 1.82) is 0 Å². The molecule has 0 aromatic carbocycles. The van der Waals surface area contributed by atoms with Crippen LogP contribution in [0.3, 0.4) is 0 Å². The van der Waals surface area contributed by atoms with Gasteiger partial charge in [0.05, 0.1) is 0 Å². The third-order valence-electron chi connectivity index (χ3n) is 2.30. The van der Waals surface area contributed by atoms with Crippen molar-refractivity contribution in [2.24, 2.45) is 5.41 Å². The average Bonchev–Trinajstić information content (AvgIpc) is 2.63. The molecule has 1 aliphatic rings. The van der Waals surface area contributed by atoms with Gasteiger partial charge in [-0.1, -0.05) is 13.8 Å². The predicted molar refractivity (Wildman–Crippen MR) is 53.6 cm³/mol. The first-order valence-corrected chi connectivity index (χ1v) is 4.95. The molecule has 1 heterocycles. The Morgan fingerprint density at radius 2 is 1.86 bits per heavy atom. The van der Waals surface area contributed by atoms with Crippen LogP contribution in [0.4, 0.5) is 0 Å². The fraction of sp³-hybridized carbons (Fsp3) is 1.00. The van der Waals surface area contributed by atoms with Crippen LogP contribution in [0.15, 0.2) is 0 Å². The Morgan fingerprint density at radius 3 is 2.21 bits per heavy atom. The Kier molecular flexibility index (Phi) is 2.94. The van der Waals surface area contributed by atoms with Gasteiger partial charge in [-0.25, -0.2) is 0 Å². The molecule has 4 nitrogen and oxygen atoms in total. The maximum absolute atomic E-state index is 9.54. The van der Waals surface area contributed by atoms with Crippen molar-refractivity contribution in [3.05, 3.63) is 0 Å². The van der Waals surface area contributed by atoms with Gasteiger partial charge in [-0.15, -0.1) is 0 Å². The Labute approximate surface area is 85.3 Å². The minimum atomic E-state index is -1.13. The van der Waals surface area contributed by atoms with E-state index in [9.17, 15) is 5.11 Å². The molecule has 1 unspecified atom stereocenters. The predicted octanol–water partition coefficient (Wildman–Crippen LogP) is 0.439. The molecule has 14 heavy (non-hydrogen) atoms. The van der Waals surface area contributed by atoms with E-state index in [0.717, 1.165) is 6.42 Å². The monoisotopic (exact) mass is 203 g/mol. The minimum absolute atomic E-state index is 0.136. The first-order chi connectivity index (χ1) is 6.18. The second kappa shape index (κ2) is 3.45. The summed E-state index contributed by atoms with van der Waals surface area (Å²) in [4.78, 5) is 0. The lowest BCUT2D eigenvalue weighted by atomic mass is 9.80. The summed E-state index contributed by atoms with van der Waals surface area (Å²) in [5.74, 6) is -1.13. The van der Waals surface area contributed by atoms with E-state index in [1.54, 1.807) is 0 Å². The number of epoxide rings is 1. The maximum Gasteiger partial charge on any atom is 0.250 e. The van der Waals surface area contributed by atoms with E-state index in [1.807, 2.05) is 27.7 Å². The molecule has 84 valence electrons. The summed E-state index contributed by atoms with van der Waals surface area (Å²) in [6.45, 7) is 8.45. The number of aliphatic hydroxyl groups excluding tert-OH is 1. The molecule has 3 N–H and O–H groups in total. The topological polar surface area (TPSA) is 65.0 Å². The van der Waals surface area contributed by atoms with Crippen molar-refractivity contribution < 1.29 is 14.9 Å². The molecule has 1 saturated heterocycles. The standard InChI is InChI=1S/C10H21NO3/c1-8(2,6-12)5-9(3,4)11-10(13)7-14-10/h11-13H,5-7H2,1-4H3. The molecule has 0 saturated carbocycles. The molecule has 0 aromatic heterocycles. The summed E-state index contributed by atoms with van der Waals surface area (Å²) < 4.78 is 4.86. The summed E-state index contributed by atoms with van der Waals surface area (Å²) in [5, 5.41) is 21.7. The van der Waals surface area contributed by atoms with Crippen LogP contribution in [-0.2, 0) is 4.74 Å². The van der Waals surface area contributed by atoms with Gasteiger partial charge in [-0.05, 0) is 25.7 Å². The van der Waals surface area contributed by atoms with Crippen LogP contribution in [0.25, 0.3) is 0 Å². The second-order valence-corrected chi connectivity index (χ2v) is 5.58. The molecule has 0 aliphatic carbocycles. The highest BCUT2D eigenvalue weighted by atomic mass is 16.7. The molecular weight excluding hydrogens is 182 g/mol. The average molecular weight is 203 g/mol. The fourth-order valence-electron chi connectivity index (χ4n) is 1.97. The van der Waals surface area contributed by atoms with Gasteiger partial charge in [-0.2, -0.15) is 0 Å². The molecular formula is C10H21NO3. The third kappa shape index (κ3) is 3.53. The van der Waals surface area contributed by atoms with Gasteiger partial charge in [0.2, 0.25) is 5.91 Å². The molecule has 0 bridgehead atoms. The number of aliphatic hydroxyl groups is 2. The molecule has 0 spiro atoms. The molecule has 0 amide bonds. The zero-order valence-corrected chi connectivity index (χ0v) is 9.42. The minimum Gasteiger partial charge on any atom is -0.396 e. The highest BCUT2D eigenvalue weighted by Crippen LogP contribution is 2.31. The van der Waals surface area contributed by atoms with Gasteiger partial charge in [0.15, 0.2) is 0 Å². The van der Waals surface area contributed by atoms with Crippen LogP contribution >= 0.6 is 0 Å². The Hall–Kier alpha value is -0.160. The van der Waals surface area contributed by atoms with Gasteiger partial charge < -0.3 is 14.9 Å². The highest BCUT2D eigenvalue weighted by Gasteiger charge is 2.47. The third-order valence-corrected chi connectivity index (χ3v) is 2.30. The van der Waals surface area contributed by atoms with Crippen molar-refractivity contribution in [2.75, 3.05) is 13.2 Å². The quantitative estimate of drug-likeness (QED) is 0.448. The van der Waals surface area contributed by atoms with Gasteiger partial charge in [-0.3, -0.25) is 5.32 Å². The van der Waals surface area contributed by atoms with Crippen LogP contribution < -0.4 is 5.32 Å². The van der Waals surface area contributed by atoms with Crippen molar-refractivity contribution >= 4 is 0 Å². The number of hydrogen-bond donors (Lipinski definition) is 3. The van der Waals surface area contributed by atoms with Gasteiger partial charge >= 0.3 is 0 Å². The largest absolute Gasteiger partial charge is 0.396 e. The highest BCUT2D eigenvalue weighted by molar-refractivity contribution is 4.91. The van der Waals surface area contributed by atoms with E-state index in [0.29, 0.717) is 6.61 Å². The summed E-state index contributed by atoms with van der Waals surface area (Å²) >= 11 is 0. The number of nitrogens with one attached hydrogen (secondary N) is 1. The van der Waals surface area contributed by atoms with Gasteiger partial charge in [0, 0.05) is 12.1 Å². The molecule has 0 radical (unpaired) electrons. The summed E-state index contributed by atoms with van der Waals surface area (Å²) in [7, 11) is 0. The molecule has 0 aromatic rings. The molecule has 4 heteroatoms. The van der Waals surface area contributed by atoms with Crippen LogP contribution in [-0.4, -0.2) is 34.9 Å².